The predicted octanol–water partition coefficient (Wildman–Crippen LogP) is 3.36. The Bertz CT molecular complexity index is 1430. The Hall–Kier alpha value is -3.28. The van der Waals surface area contributed by atoms with Crippen LogP contribution in [0.3, 0.4) is 0 Å². The fourth-order valence-electron chi connectivity index (χ4n) is 6.25. The quantitative estimate of drug-likeness (QED) is 0.503. The van der Waals surface area contributed by atoms with Crippen molar-refractivity contribution in [2.75, 3.05) is 38.3 Å². The van der Waals surface area contributed by atoms with Crippen LogP contribution in [0.25, 0.3) is 0 Å². The van der Waals surface area contributed by atoms with E-state index in [-0.39, 0.29) is 35.4 Å². The summed E-state index contributed by atoms with van der Waals surface area (Å²) in [6.45, 7) is 2.12. The molecule has 8 nitrogen and oxygen atoms in total. The van der Waals surface area contributed by atoms with E-state index in [9.17, 15) is 23.1 Å². The van der Waals surface area contributed by atoms with E-state index in [1.807, 2.05) is 36.9 Å². The van der Waals surface area contributed by atoms with Gasteiger partial charge in [0, 0.05) is 49.1 Å². The Labute approximate surface area is 230 Å². The number of likely N-dealkylation sites (tertiary alicyclic amines) is 1. The van der Waals surface area contributed by atoms with Gasteiger partial charge in [-0.25, -0.2) is 0 Å². The number of aliphatic hydroxyl groups is 1. The maximum atomic E-state index is 14.3. The van der Waals surface area contributed by atoms with Crippen molar-refractivity contribution in [2.24, 2.45) is 13.0 Å². The average Bonchev–Trinajstić information content (AvgIpc) is 3.45. The standard InChI is InChI=1S/C29H32F3N5O3/c1-35-7-6-25(38)19(13-35)8-18-9-22-23(24(10-18)29(30,31)32)14-37(27(22)39)21-5-3-4-20(11-21)28(15-40-16-28)12-26-34-33-17-36(26)2/h3-5,9-11,17,19,25,38H,6-8,12-16H2,1-2H3. The molecule has 2 saturated heterocycles. The summed E-state index contributed by atoms with van der Waals surface area (Å²) in [5, 5.41) is 18.7. The van der Waals surface area contributed by atoms with Gasteiger partial charge in [0.15, 0.2) is 0 Å². The van der Waals surface area contributed by atoms with Crippen LogP contribution >= 0.6 is 0 Å². The van der Waals surface area contributed by atoms with Crippen LogP contribution in [0.1, 0.15) is 44.9 Å². The second kappa shape index (κ2) is 9.97. The van der Waals surface area contributed by atoms with E-state index in [1.165, 1.54) is 4.90 Å². The van der Waals surface area contributed by atoms with Crippen LogP contribution in [-0.2, 0) is 42.8 Å². The summed E-state index contributed by atoms with van der Waals surface area (Å²) in [7, 11) is 3.81. The van der Waals surface area contributed by atoms with E-state index < -0.39 is 23.8 Å². The highest BCUT2D eigenvalue weighted by Crippen LogP contribution is 2.42. The van der Waals surface area contributed by atoms with E-state index in [2.05, 4.69) is 15.1 Å². The van der Waals surface area contributed by atoms with Crippen LogP contribution in [0.4, 0.5) is 18.9 Å². The molecule has 2 unspecified atom stereocenters. The molecule has 2 fully saturated rings. The minimum absolute atomic E-state index is 0.00580. The Balaban J connectivity index is 1.31. The normalized spacial score (nSPS) is 22.9. The molecule has 1 N–H and O–H groups in total. The van der Waals surface area contributed by atoms with Gasteiger partial charge in [-0.1, -0.05) is 12.1 Å². The number of hydrogen-bond acceptors (Lipinski definition) is 6. The fourth-order valence-corrected chi connectivity index (χ4v) is 6.25. The molecule has 212 valence electrons. The number of ether oxygens (including phenoxy) is 1. The number of aromatic nitrogens is 3. The molecular weight excluding hydrogens is 523 g/mol. The highest BCUT2D eigenvalue weighted by molar-refractivity contribution is 6.10. The summed E-state index contributed by atoms with van der Waals surface area (Å²) < 4.78 is 50.2. The molecule has 3 aliphatic rings. The van der Waals surface area contributed by atoms with Gasteiger partial charge in [-0.15, -0.1) is 10.2 Å². The van der Waals surface area contributed by atoms with Gasteiger partial charge in [0.05, 0.1) is 31.4 Å². The second-order valence-corrected chi connectivity index (χ2v) is 11.5. The zero-order valence-corrected chi connectivity index (χ0v) is 22.5. The minimum atomic E-state index is -4.61. The molecule has 6 rings (SSSR count). The topological polar surface area (TPSA) is 83.7 Å². The van der Waals surface area contributed by atoms with Crippen LogP contribution in [-0.4, -0.2) is 70.1 Å². The Morgan fingerprint density at radius 1 is 1.18 bits per heavy atom. The van der Waals surface area contributed by atoms with Gasteiger partial charge in [0.25, 0.3) is 5.91 Å². The third-order valence-corrected chi connectivity index (χ3v) is 8.63. The fraction of sp³-hybridized carbons (Fsp3) is 0.483. The van der Waals surface area contributed by atoms with Gasteiger partial charge < -0.3 is 24.2 Å². The molecule has 2 atom stereocenters. The highest BCUT2D eigenvalue weighted by atomic mass is 19.4. The number of fused-ring (bicyclic) bond motifs is 1. The third-order valence-electron chi connectivity index (χ3n) is 8.63. The average molecular weight is 556 g/mol. The maximum absolute atomic E-state index is 14.3. The van der Waals surface area contributed by atoms with E-state index >= 15 is 0 Å². The third kappa shape index (κ3) is 4.80. The number of alkyl halides is 3. The van der Waals surface area contributed by atoms with Gasteiger partial charge in [-0.05, 0) is 60.8 Å². The van der Waals surface area contributed by atoms with Crippen molar-refractivity contribution in [3.8, 4) is 0 Å². The molecule has 0 bridgehead atoms. The Morgan fingerprint density at radius 3 is 2.65 bits per heavy atom. The van der Waals surface area contributed by atoms with Crippen molar-refractivity contribution >= 4 is 11.6 Å². The van der Waals surface area contributed by atoms with Crippen LogP contribution in [0.2, 0.25) is 0 Å². The number of nitrogens with zero attached hydrogens (tertiary/aromatic N) is 5. The molecule has 2 aromatic carbocycles. The number of piperidine rings is 1. The van der Waals surface area contributed by atoms with Crippen molar-refractivity contribution in [3.63, 3.8) is 0 Å². The smallest absolute Gasteiger partial charge is 0.393 e. The van der Waals surface area contributed by atoms with Crippen LogP contribution in [0, 0.1) is 5.92 Å². The van der Waals surface area contributed by atoms with E-state index in [0.29, 0.717) is 43.9 Å². The monoisotopic (exact) mass is 555 g/mol. The lowest BCUT2D eigenvalue weighted by Crippen LogP contribution is -2.49. The molecule has 11 heteroatoms. The summed E-state index contributed by atoms with van der Waals surface area (Å²) in [6.07, 6.45) is -2.12. The van der Waals surface area contributed by atoms with Crippen molar-refractivity contribution < 1.29 is 27.8 Å². The van der Waals surface area contributed by atoms with Gasteiger partial charge in [-0.2, -0.15) is 13.2 Å². The van der Waals surface area contributed by atoms with E-state index in [4.69, 9.17) is 4.74 Å². The first-order chi connectivity index (χ1) is 19.0. The number of halogens is 3. The number of aliphatic hydroxyl groups excluding tert-OH is 1. The molecule has 4 heterocycles. The number of carbonyl (C=O) groups excluding carboxylic acids is 1. The number of benzene rings is 2. The van der Waals surface area contributed by atoms with Crippen LogP contribution in [0.15, 0.2) is 42.7 Å². The highest BCUT2D eigenvalue weighted by Gasteiger charge is 2.44. The zero-order valence-electron chi connectivity index (χ0n) is 22.5. The molecule has 0 aliphatic carbocycles. The first-order valence-corrected chi connectivity index (χ1v) is 13.5. The lowest BCUT2D eigenvalue weighted by atomic mass is 9.75. The summed E-state index contributed by atoms with van der Waals surface area (Å²) >= 11 is 0. The lowest BCUT2D eigenvalue weighted by Gasteiger charge is -2.42. The number of anilines is 1. The Morgan fingerprint density at radius 2 is 1.98 bits per heavy atom. The van der Waals surface area contributed by atoms with Crippen molar-refractivity contribution in [1.29, 1.82) is 0 Å². The molecule has 1 amide bonds. The van der Waals surface area contributed by atoms with Gasteiger partial charge in [0.2, 0.25) is 0 Å². The van der Waals surface area contributed by atoms with Crippen LogP contribution < -0.4 is 4.90 Å². The number of rotatable bonds is 6. The van der Waals surface area contributed by atoms with Gasteiger partial charge >= 0.3 is 6.18 Å². The summed E-state index contributed by atoms with van der Waals surface area (Å²) in [5.74, 6) is 0.153. The summed E-state index contributed by atoms with van der Waals surface area (Å²) in [5.41, 5.74) is 0.839. The first-order valence-electron chi connectivity index (χ1n) is 13.5. The summed E-state index contributed by atoms with van der Waals surface area (Å²) in [4.78, 5) is 17.1. The summed E-state index contributed by atoms with van der Waals surface area (Å²) in [6, 6.07) is 10.2. The molecule has 0 radical (unpaired) electrons. The lowest BCUT2D eigenvalue weighted by molar-refractivity contribution is -0.138. The Kier molecular flexibility index (Phi) is 6.71. The minimum Gasteiger partial charge on any atom is -0.393 e. The molecule has 40 heavy (non-hydrogen) atoms. The van der Waals surface area contributed by atoms with Crippen molar-refractivity contribution in [1.82, 2.24) is 19.7 Å². The largest absolute Gasteiger partial charge is 0.416 e. The molecule has 3 aliphatic heterocycles. The first kappa shape index (κ1) is 26.9. The van der Waals surface area contributed by atoms with Crippen molar-refractivity contribution in [2.45, 2.75) is 43.5 Å². The molecule has 3 aromatic rings. The molecule has 0 spiro atoms. The number of hydrogen-bond donors (Lipinski definition) is 1. The van der Waals surface area contributed by atoms with Gasteiger partial charge in [0.1, 0.15) is 12.2 Å². The van der Waals surface area contributed by atoms with E-state index in [0.717, 1.165) is 24.0 Å². The second-order valence-electron chi connectivity index (χ2n) is 11.5. The number of carbonyl (C=O) groups is 1. The van der Waals surface area contributed by atoms with E-state index in [1.54, 1.807) is 18.5 Å². The number of amides is 1. The molecule has 0 saturated carbocycles. The number of aryl methyl sites for hydroxylation is 1. The SMILES string of the molecule is CN1CCC(O)C(Cc2cc3c(c(C(F)(F)F)c2)CN(c2cccc(C4(Cc5nncn5C)COC4)c2)C3=O)C1. The maximum Gasteiger partial charge on any atom is 0.416 e. The predicted molar refractivity (Wildman–Crippen MR) is 141 cm³/mol. The zero-order chi connectivity index (χ0) is 28.2. The van der Waals surface area contributed by atoms with Crippen molar-refractivity contribution in [3.05, 3.63) is 76.4 Å². The molecule has 1 aromatic heterocycles. The van der Waals surface area contributed by atoms with Gasteiger partial charge in [-0.3, -0.25) is 4.79 Å². The van der Waals surface area contributed by atoms with Crippen LogP contribution in [0.5, 0.6) is 0 Å². The molecular formula is C29H32F3N5O3.